The van der Waals surface area contributed by atoms with Crippen LogP contribution in [0.2, 0.25) is 0 Å². The van der Waals surface area contributed by atoms with Gasteiger partial charge >= 0.3 is 0 Å². The maximum absolute atomic E-state index is 10.8. The van der Waals surface area contributed by atoms with E-state index >= 15 is 0 Å². The van der Waals surface area contributed by atoms with Crippen LogP contribution in [0.25, 0.3) is 0 Å². The molecule has 0 bridgehead atoms. The number of para-hydroxylation sites is 1. The molecule has 1 fully saturated rings. The van der Waals surface area contributed by atoms with Gasteiger partial charge in [0.2, 0.25) is 0 Å². The van der Waals surface area contributed by atoms with Gasteiger partial charge in [0, 0.05) is 36.7 Å². The van der Waals surface area contributed by atoms with Crippen LogP contribution in [0.3, 0.4) is 0 Å². The predicted octanol–water partition coefficient (Wildman–Crippen LogP) is 1.46. The number of aliphatic hydroxyl groups is 1. The van der Waals surface area contributed by atoms with Crippen LogP contribution in [0.15, 0.2) is 24.3 Å². The van der Waals surface area contributed by atoms with Crippen LogP contribution in [-0.2, 0) is 6.54 Å². The van der Waals surface area contributed by atoms with Crippen molar-refractivity contribution in [1.29, 1.82) is 0 Å². The third-order valence-corrected chi connectivity index (χ3v) is 3.30. The van der Waals surface area contributed by atoms with Crippen molar-refractivity contribution in [1.82, 2.24) is 5.32 Å². The molecule has 0 aliphatic heterocycles. The van der Waals surface area contributed by atoms with E-state index in [2.05, 4.69) is 5.32 Å². The first-order valence-electron chi connectivity index (χ1n) is 5.71. The fourth-order valence-electron chi connectivity index (χ4n) is 1.87. The van der Waals surface area contributed by atoms with Crippen LogP contribution in [0.5, 0.6) is 0 Å². The van der Waals surface area contributed by atoms with Gasteiger partial charge in [0.1, 0.15) is 0 Å². The van der Waals surface area contributed by atoms with Crippen LogP contribution in [-0.4, -0.2) is 23.2 Å². The van der Waals surface area contributed by atoms with Crippen LogP contribution in [0, 0.1) is 15.5 Å². The topological polar surface area (TPSA) is 75.4 Å². The fourth-order valence-corrected chi connectivity index (χ4v) is 1.87. The van der Waals surface area contributed by atoms with E-state index in [-0.39, 0.29) is 22.6 Å². The third-order valence-electron chi connectivity index (χ3n) is 3.30. The number of nitrogens with one attached hydrogen (secondary N) is 1. The number of hydrogen-bond donors (Lipinski definition) is 2. The van der Waals surface area contributed by atoms with E-state index < -0.39 is 0 Å². The van der Waals surface area contributed by atoms with Gasteiger partial charge in [0.15, 0.2) is 0 Å². The Kier molecular flexibility index (Phi) is 3.40. The standard InChI is InChI=1S/C12H16N2O3/c15-9-12(5-6-12)8-13-7-10-3-1-2-4-11(10)14(16)17/h1-4,13,15H,5-9H2. The van der Waals surface area contributed by atoms with Crippen molar-refractivity contribution >= 4 is 5.69 Å². The number of rotatable bonds is 6. The van der Waals surface area contributed by atoms with E-state index in [1.165, 1.54) is 6.07 Å². The Morgan fingerprint density at radius 2 is 2.12 bits per heavy atom. The molecule has 0 saturated heterocycles. The molecular weight excluding hydrogens is 220 g/mol. The molecule has 1 aromatic rings. The first-order chi connectivity index (χ1) is 8.17. The smallest absolute Gasteiger partial charge is 0.273 e. The van der Waals surface area contributed by atoms with Crippen LogP contribution >= 0.6 is 0 Å². The van der Waals surface area contributed by atoms with Gasteiger partial charge in [0.25, 0.3) is 5.69 Å². The minimum Gasteiger partial charge on any atom is -0.396 e. The molecule has 0 heterocycles. The van der Waals surface area contributed by atoms with E-state index in [0.29, 0.717) is 12.1 Å². The quantitative estimate of drug-likeness (QED) is 0.579. The van der Waals surface area contributed by atoms with Crippen LogP contribution in [0.4, 0.5) is 5.69 Å². The summed E-state index contributed by atoms with van der Waals surface area (Å²) in [6.07, 6.45) is 2.07. The van der Waals surface area contributed by atoms with Crippen molar-refractivity contribution in [3.8, 4) is 0 Å². The molecule has 0 radical (unpaired) electrons. The number of aliphatic hydroxyl groups excluding tert-OH is 1. The average molecular weight is 236 g/mol. The molecule has 0 atom stereocenters. The zero-order chi connectivity index (χ0) is 12.3. The molecule has 1 aliphatic carbocycles. The highest BCUT2D eigenvalue weighted by Gasteiger charge is 2.41. The highest BCUT2D eigenvalue weighted by molar-refractivity contribution is 5.39. The first-order valence-corrected chi connectivity index (χ1v) is 5.71. The summed E-state index contributed by atoms with van der Waals surface area (Å²) in [5, 5.41) is 23.1. The van der Waals surface area contributed by atoms with Crippen LogP contribution in [0.1, 0.15) is 18.4 Å². The lowest BCUT2D eigenvalue weighted by Gasteiger charge is -2.12. The van der Waals surface area contributed by atoms with Gasteiger partial charge in [-0.05, 0) is 12.8 Å². The molecular formula is C12H16N2O3. The molecule has 0 spiro atoms. The number of nitrogens with zero attached hydrogens (tertiary/aromatic N) is 1. The van der Waals surface area contributed by atoms with Gasteiger partial charge in [0.05, 0.1) is 4.92 Å². The largest absolute Gasteiger partial charge is 0.396 e. The zero-order valence-electron chi connectivity index (χ0n) is 9.56. The Hall–Kier alpha value is -1.46. The summed E-state index contributed by atoms with van der Waals surface area (Å²) in [6.45, 7) is 1.38. The summed E-state index contributed by atoms with van der Waals surface area (Å²) in [6, 6.07) is 6.72. The van der Waals surface area contributed by atoms with Gasteiger partial charge in [-0.2, -0.15) is 0 Å². The van der Waals surface area contributed by atoms with E-state index in [1.807, 2.05) is 0 Å². The molecule has 1 aromatic carbocycles. The SMILES string of the molecule is O=[N+]([O-])c1ccccc1CNCC1(CO)CC1. The van der Waals surface area contributed by atoms with Gasteiger partial charge in [-0.3, -0.25) is 10.1 Å². The average Bonchev–Trinajstić information content (AvgIpc) is 3.10. The zero-order valence-corrected chi connectivity index (χ0v) is 9.56. The molecule has 0 unspecified atom stereocenters. The van der Waals surface area contributed by atoms with Crippen molar-refractivity contribution < 1.29 is 10.0 Å². The molecule has 5 heteroatoms. The monoisotopic (exact) mass is 236 g/mol. The second-order valence-corrected chi connectivity index (χ2v) is 4.65. The summed E-state index contributed by atoms with van der Waals surface area (Å²) >= 11 is 0. The Balaban J connectivity index is 1.92. The molecule has 2 N–H and O–H groups in total. The van der Waals surface area contributed by atoms with Crippen molar-refractivity contribution in [2.24, 2.45) is 5.41 Å². The number of hydrogen-bond acceptors (Lipinski definition) is 4. The van der Waals surface area contributed by atoms with E-state index in [0.717, 1.165) is 19.4 Å². The lowest BCUT2D eigenvalue weighted by molar-refractivity contribution is -0.385. The van der Waals surface area contributed by atoms with Crippen molar-refractivity contribution in [3.05, 3.63) is 39.9 Å². The first kappa shape index (κ1) is 12.0. The second kappa shape index (κ2) is 4.81. The lowest BCUT2D eigenvalue weighted by Crippen LogP contribution is -2.26. The molecule has 1 saturated carbocycles. The van der Waals surface area contributed by atoms with Crippen molar-refractivity contribution in [3.63, 3.8) is 0 Å². The van der Waals surface area contributed by atoms with Gasteiger partial charge in [-0.25, -0.2) is 0 Å². The third kappa shape index (κ3) is 2.81. The summed E-state index contributed by atoms with van der Waals surface area (Å²) in [5.74, 6) is 0. The minimum atomic E-state index is -0.365. The van der Waals surface area contributed by atoms with Crippen LogP contribution < -0.4 is 5.32 Å². The van der Waals surface area contributed by atoms with E-state index in [9.17, 15) is 10.1 Å². The molecule has 92 valence electrons. The highest BCUT2D eigenvalue weighted by atomic mass is 16.6. The molecule has 0 amide bonds. The highest BCUT2D eigenvalue weighted by Crippen LogP contribution is 2.44. The summed E-state index contributed by atoms with van der Waals surface area (Å²) in [5.41, 5.74) is 0.865. The second-order valence-electron chi connectivity index (χ2n) is 4.65. The number of nitro groups is 1. The van der Waals surface area contributed by atoms with Gasteiger partial charge in [-0.1, -0.05) is 18.2 Å². The molecule has 0 aromatic heterocycles. The minimum absolute atomic E-state index is 0.0313. The Morgan fingerprint density at radius 1 is 1.41 bits per heavy atom. The Labute approximate surface area is 99.6 Å². The summed E-state index contributed by atoms with van der Waals surface area (Å²) in [4.78, 5) is 10.4. The molecule has 1 aliphatic rings. The fraction of sp³-hybridized carbons (Fsp3) is 0.500. The number of benzene rings is 1. The normalized spacial score (nSPS) is 16.8. The van der Waals surface area contributed by atoms with Crippen molar-refractivity contribution in [2.75, 3.05) is 13.2 Å². The van der Waals surface area contributed by atoms with Gasteiger partial charge < -0.3 is 10.4 Å². The number of nitro benzene ring substituents is 1. The molecule has 2 rings (SSSR count). The Bertz CT molecular complexity index is 416. The maximum Gasteiger partial charge on any atom is 0.273 e. The maximum atomic E-state index is 10.8. The van der Waals surface area contributed by atoms with E-state index in [1.54, 1.807) is 18.2 Å². The molecule has 5 nitrogen and oxygen atoms in total. The van der Waals surface area contributed by atoms with E-state index in [4.69, 9.17) is 5.11 Å². The Morgan fingerprint density at radius 3 is 2.71 bits per heavy atom. The van der Waals surface area contributed by atoms with Crippen molar-refractivity contribution in [2.45, 2.75) is 19.4 Å². The molecule has 17 heavy (non-hydrogen) atoms. The summed E-state index contributed by atoms with van der Waals surface area (Å²) < 4.78 is 0. The lowest BCUT2D eigenvalue weighted by atomic mass is 10.1. The predicted molar refractivity (Wildman–Crippen MR) is 63.6 cm³/mol. The summed E-state index contributed by atoms with van der Waals surface area (Å²) in [7, 11) is 0. The van der Waals surface area contributed by atoms with Gasteiger partial charge in [-0.15, -0.1) is 0 Å².